The average molecular weight is 309 g/mol. The number of Topliss-reactive ketones (excluding diaryl/α,β-unsaturated/α-hetero) is 1. The zero-order valence-corrected chi connectivity index (χ0v) is 14.3. The molecule has 0 aromatic rings. The van der Waals surface area contributed by atoms with E-state index in [0.29, 0.717) is 22.5 Å². The quantitative estimate of drug-likeness (QED) is 0.562. The normalized spacial score (nSPS) is 56.5. The standard InChI is InChI=1S/C19H29ClO/c1-18-8-3-4-14(18)13-6-5-12-10-17(21)16(20)11-19(12,2)15(13)7-9-18/h12-16H,3-11H2,1-2H3/t12?,13-,14-,15-,16?,18-,19-/m0/s1. The van der Waals surface area contributed by atoms with Crippen LogP contribution in [0.15, 0.2) is 0 Å². The Hall–Kier alpha value is -0.0400. The summed E-state index contributed by atoms with van der Waals surface area (Å²) in [7, 11) is 0. The third-order valence-corrected chi connectivity index (χ3v) is 8.66. The molecule has 0 aliphatic heterocycles. The number of carbonyl (C=O) groups is 1. The van der Waals surface area contributed by atoms with Crippen molar-refractivity contribution in [2.24, 2.45) is 34.5 Å². The minimum atomic E-state index is -0.207. The van der Waals surface area contributed by atoms with Crippen molar-refractivity contribution in [3.63, 3.8) is 0 Å². The predicted molar refractivity (Wildman–Crippen MR) is 86.4 cm³/mol. The molecule has 0 aromatic heterocycles. The van der Waals surface area contributed by atoms with Gasteiger partial charge in [-0.05, 0) is 79.4 Å². The second-order valence-electron chi connectivity index (χ2n) is 9.08. The van der Waals surface area contributed by atoms with Crippen LogP contribution in [-0.2, 0) is 4.79 Å². The molecule has 2 heteroatoms. The van der Waals surface area contributed by atoms with Gasteiger partial charge in [0.2, 0.25) is 0 Å². The van der Waals surface area contributed by atoms with Gasteiger partial charge in [-0.3, -0.25) is 4.79 Å². The average Bonchev–Trinajstić information content (AvgIpc) is 2.82. The van der Waals surface area contributed by atoms with Gasteiger partial charge >= 0.3 is 0 Å². The molecule has 0 N–H and O–H groups in total. The summed E-state index contributed by atoms with van der Waals surface area (Å²) < 4.78 is 0. The number of rotatable bonds is 0. The summed E-state index contributed by atoms with van der Waals surface area (Å²) in [5.74, 6) is 3.65. The van der Waals surface area contributed by atoms with Crippen LogP contribution >= 0.6 is 11.6 Å². The van der Waals surface area contributed by atoms with Crippen LogP contribution in [0.4, 0.5) is 0 Å². The van der Waals surface area contributed by atoms with Gasteiger partial charge in [-0.2, -0.15) is 0 Å². The molecule has 7 atom stereocenters. The van der Waals surface area contributed by atoms with Gasteiger partial charge in [-0.1, -0.05) is 20.3 Å². The van der Waals surface area contributed by atoms with Gasteiger partial charge in [0.15, 0.2) is 5.78 Å². The zero-order chi connectivity index (χ0) is 14.8. The van der Waals surface area contributed by atoms with Gasteiger partial charge in [0.1, 0.15) is 0 Å². The topological polar surface area (TPSA) is 17.1 Å². The van der Waals surface area contributed by atoms with Crippen LogP contribution in [0.3, 0.4) is 0 Å². The molecule has 118 valence electrons. The lowest BCUT2D eigenvalue weighted by molar-refractivity contribution is -0.137. The van der Waals surface area contributed by atoms with Gasteiger partial charge in [-0.15, -0.1) is 11.6 Å². The number of fused-ring (bicyclic) bond motifs is 5. The lowest BCUT2D eigenvalue weighted by atomic mass is 9.45. The Morgan fingerprint density at radius 2 is 1.86 bits per heavy atom. The molecular weight excluding hydrogens is 280 g/mol. The molecule has 21 heavy (non-hydrogen) atoms. The first-order valence-electron chi connectivity index (χ1n) is 9.11. The number of carbonyl (C=O) groups excluding carboxylic acids is 1. The fourth-order valence-corrected chi connectivity index (χ4v) is 7.47. The van der Waals surface area contributed by atoms with Crippen LogP contribution in [0.5, 0.6) is 0 Å². The Labute approximate surface area is 134 Å². The second kappa shape index (κ2) is 4.73. The van der Waals surface area contributed by atoms with Crippen molar-refractivity contribution < 1.29 is 4.79 Å². The maximum atomic E-state index is 12.1. The van der Waals surface area contributed by atoms with Gasteiger partial charge in [0.25, 0.3) is 0 Å². The van der Waals surface area contributed by atoms with Gasteiger partial charge < -0.3 is 0 Å². The summed E-state index contributed by atoms with van der Waals surface area (Å²) in [5.41, 5.74) is 0.975. The van der Waals surface area contributed by atoms with Gasteiger partial charge in [0, 0.05) is 6.42 Å². The fourth-order valence-electron chi connectivity index (χ4n) is 7.05. The second-order valence-corrected chi connectivity index (χ2v) is 9.61. The van der Waals surface area contributed by atoms with E-state index in [4.69, 9.17) is 11.6 Å². The Kier molecular flexibility index (Phi) is 3.27. The third-order valence-electron chi connectivity index (χ3n) is 8.26. The predicted octanol–water partition coefficient (Wildman–Crippen LogP) is 5.21. The summed E-state index contributed by atoms with van der Waals surface area (Å²) in [6, 6.07) is 0. The minimum Gasteiger partial charge on any atom is -0.298 e. The Balaban J connectivity index is 1.65. The van der Waals surface area contributed by atoms with E-state index in [1.165, 1.54) is 44.9 Å². The Morgan fingerprint density at radius 1 is 1.05 bits per heavy atom. The Morgan fingerprint density at radius 3 is 2.67 bits per heavy atom. The maximum absolute atomic E-state index is 12.1. The van der Waals surface area contributed by atoms with E-state index in [-0.39, 0.29) is 5.38 Å². The maximum Gasteiger partial charge on any atom is 0.150 e. The Bertz CT molecular complexity index is 460. The van der Waals surface area contributed by atoms with E-state index in [0.717, 1.165) is 30.6 Å². The van der Waals surface area contributed by atoms with Crippen LogP contribution in [0.1, 0.15) is 71.6 Å². The van der Waals surface area contributed by atoms with E-state index < -0.39 is 0 Å². The van der Waals surface area contributed by atoms with Gasteiger partial charge in [0.05, 0.1) is 5.38 Å². The van der Waals surface area contributed by atoms with Crippen LogP contribution in [-0.4, -0.2) is 11.2 Å². The lowest BCUT2D eigenvalue weighted by Gasteiger charge is -2.60. The summed E-state index contributed by atoms with van der Waals surface area (Å²) in [4.78, 5) is 12.1. The monoisotopic (exact) mass is 308 g/mol. The number of halogens is 1. The molecule has 0 bridgehead atoms. The minimum absolute atomic E-state index is 0.207. The molecule has 4 aliphatic carbocycles. The van der Waals surface area contributed by atoms with Crippen LogP contribution in [0, 0.1) is 34.5 Å². The third kappa shape index (κ3) is 1.98. The molecule has 0 amide bonds. The van der Waals surface area contributed by atoms with Crippen molar-refractivity contribution >= 4 is 17.4 Å². The van der Waals surface area contributed by atoms with E-state index in [9.17, 15) is 4.79 Å². The largest absolute Gasteiger partial charge is 0.298 e. The van der Waals surface area contributed by atoms with Crippen molar-refractivity contribution in [2.45, 2.75) is 77.0 Å². The summed E-state index contributed by atoms with van der Waals surface area (Å²) >= 11 is 6.40. The van der Waals surface area contributed by atoms with E-state index in [2.05, 4.69) is 13.8 Å². The smallest absolute Gasteiger partial charge is 0.150 e. The van der Waals surface area contributed by atoms with Gasteiger partial charge in [-0.25, -0.2) is 0 Å². The SMILES string of the molecule is C[C@@]12CCC[C@H]1[C@@H]1CCC3CC(=O)C(Cl)C[C@]3(C)[C@H]1CC2. The molecule has 4 rings (SSSR count). The van der Waals surface area contributed by atoms with Crippen molar-refractivity contribution in [2.75, 3.05) is 0 Å². The highest BCUT2D eigenvalue weighted by atomic mass is 35.5. The summed E-state index contributed by atoms with van der Waals surface area (Å²) in [5, 5.41) is -0.207. The molecule has 0 saturated heterocycles. The fraction of sp³-hybridized carbons (Fsp3) is 0.947. The number of ketones is 1. The van der Waals surface area contributed by atoms with Crippen LogP contribution < -0.4 is 0 Å². The summed E-state index contributed by atoms with van der Waals surface area (Å²) in [6.45, 7) is 5.04. The highest BCUT2D eigenvalue weighted by molar-refractivity contribution is 6.31. The molecule has 1 nitrogen and oxygen atoms in total. The van der Waals surface area contributed by atoms with Crippen LogP contribution in [0.2, 0.25) is 0 Å². The van der Waals surface area contributed by atoms with Crippen molar-refractivity contribution in [1.29, 1.82) is 0 Å². The highest BCUT2D eigenvalue weighted by Gasteiger charge is 2.58. The first kappa shape index (κ1) is 14.5. The first-order chi connectivity index (χ1) is 9.94. The van der Waals surface area contributed by atoms with Crippen molar-refractivity contribution in [1.82, 2.24) is 0 Å². The molecule has 4 aliphatic rings. The molecule has 2 unspecified atom stereocenters. The molecule has 0 spiro atoms. The number of hydrogen-bond acceptors (Lipinski definition) is 1. The highest BCUT2D eigenvalue weighted by Crippen LogP contribution is 2.66. The number of alkyl halides is 1. The molecular formula is C19H29ClO. The zero-order valence-electron chi connectivity index (χ0n) is 13.5. The van der Waals surface area contributed by atoms with Crippen molar-refractivity contribution in [3.8, 4) is 0 Å². The molecule has 0 aromatic carbocycles. The molecule has 0 radical (unpaired) electrons. The molecule has 4 saturated carbocycles. The summed E-state index contributed by atoms with van der Waals surface area (Å²) in [6.07, 6.45) is 11.5. The van der Waals surface area contributed by atoms with E-state index in [1.807, 2.05) is 0 Å². The first-order valence-corrected chi connectivity index (χ1v) is 9.54. The lowest BCUT2D eigenvalue weighted by Crippen LogP contribution is -2.54. The van der Waals surface area contributed by atoms with E-state index >= 15 is 0 Å². The van der Waals surface area contributed by atoms with E-state index in [1.54, 1.807) is 0 Å². The number of hydrogen-bond donors (Lipinski definition) is 0. The molecule has 4 fully saturated rings. The van der Waals surface area contributed by atoms with Crippen molar-refractivity contribution in [3.05, 3.63) is 0 Å². The molecule has 0 heterocycles. The van der Waals surface area contributed by atoms with Crippen LogP contribution in [0.25, 0.3) is 0 Å².